The predicted octanol–water partition coefficient (Wildman–Crippen LogP) is 12.8. The van der Waals surface area contributed by atoms with Crippen LogP contribution in [0.4, 0.5) is 0 Å². The molecule has 0 radical (unpaired) electrons. The standard InChI is InChI=1S/4C22H29P.2ClHO4.Pd/c4*1-17(2)21-15-14-18(3)16-22(21)23(19-10-6-4-7-11-19)20-12-8-5-9-13-20;2*2-1(3,4)5;/h4*4-13,17-18,21-22H,14-16H2,1-3H3;2*(H,2,3,4,5);/q;;;;;;+2/p-2. The van der Waals surface area contributed by atoms with Crippen LogP contribution in [0.3, 0.4) is 0 Å². The summed E-state index contributed by atoms with van der Waals surface area (Å²) in [7, 11) is -11.0. The van der Waals surface area contributed by atoms with Gasteiger partial charge < -0.3 is 0 Å². The van der Waals surface area contributed by atoms with Crippen molar-refractivity contribution in [2.45, 2.75) is 183 Å². The summed E-state index contributed by atoms with van der Waals surface area (Å²) in [5.74, 6) is 10.0. The number of benzene rings is 8. The zero-order valence-electron chi connectivity index (χ0n) is 62.9. The van der Waals surface area contributed by atoms with Crippen LogP contribution in [0.1, 0.15) is 160 Å². The monoisotopic (exact) mass is 1600 g/mol. The first-order valence-corrected chi connectivity index (χ1v) is 45.6. The summed E-state index contributed by atoms with van der Waals surface area (Å²) in [5.41, 5.74) is 3.27. The van der Waals surface area contributed by atoms with Crippen molar-refractivity contribution < 1.29 is 78.2 Å². The van der Waals surface area contributed by atoms with Crippen LogP contribution in [-0.2, 0) is 20.4 Å². The van der Waals surface area contributed by atoms with E-state index in [0.29, 0.717) is 0 Å². The fourth-order valence-corrected chi connectivity index (χ4v) is 30.6. The number of halogens is 2. The van der Waals surface area contributed by atoms with Crippen molar-refractivity contribution in [2.75, 3.05) is 0 Å². The van der Waals surface area contributed by atoms with Gasteiger partial charge >= 0.3 is 20.4 Å². The first-order chi connectivity index (χ1) is 48.7. The molecule has 4 saturated carbocycles. The molecule has 0 aromatic heterocycles. The molecule has 0 bridgehead atoms. The second-order valence-corrected chi connectivity index (χ2v) is 41.8. The fraction of sp³-hybridized carbons (Fsp3) is 0.455. The first-order valence-electron chi connectivity index (χ1n) is 37.5. The smallest absolute Gasteiger partial charge is 0.222 e. The molecule has 0 spiro atoms. The molecule has 0 aliphatic heterocycles. The molecule has 0 saturated heterocycles. The Morgan fingerprint density at radius 1 is 0.233 bits per heavy atom. The van der Waals surface area contributed by atoms with Gasteiger partial charge in [0, 0.05) is 0 Å². The Labute approximate surface area is 643 Å². The Hall–Kier alpha value is -3.60. The van der Waals surface area contributed by atoms with Crippen LogP contribution < -0.4 is 79.7 Å². The van der Waals surface area contributed by atoms with E-state index in [1.807, 2.05) is 0 Å². The first kappa shape index (κ1) is 88.3. The Kier molecular flexibility index (Phi) is 38.4. The third-order valence-corrected chi connectivity index (χ3v) is 33.4. The van der Waals surface area contributed by atoms with Crippen molar-refractivity contribution in [3.63, 3.8) is 0 Å². The van der Waals surface area contributed by atoms with Gasteiger partial charge in [0.1, 0.15) is 0 Å². The van der Waals surface area contributed by atoms with E-state index in [4.69, 9.17) is 37.3 Å². The molecule has 4 aliphatic rings. The molecule has 560 valence electrons. The summed E-state index contributed by atoms with van der Waals surface area (Å²) in [5, 5.41) is 12.4. The summed E-state index contributed by atoms with van der Waals surface area (Å²) in [6.07, 6.45) is 16.8. The number of hydrogen-bond donors (Lipinski definition) is 0. The van der Waals surface area contributed by atoms with Gasteiger partial charge in [0.05, 0.1) is 0 Å². The van der Waals surface area contributed by atoms with Crippen LogP contribution in [0.2, 0.25) is 0 Å². The molecular weight excluding hydrogens is 1490 g/mol. The quantitative estimate of drug-likeness (QED) is 0.0676. The Morgan fingerprint density at radius 2 is 0.350 bits per heavy atom. The minimum atomic E-state index is -4.94. The van der Waals surface area contributed by atoms with Crippen LogP contribution in [0.5, 0.6) is 0 Å². The molecule has 4 fully saturated rings. The van der Waals surface area contributed by atoms with Crippen LogP contribution in [0.15, 0.2) is 243 Å². The van der Waals surface area contributed by atoms with Gasteiger partial charge in [0.15, 0.2) is 0 Å². The van der Waals surface area contributed by atoms with E-state index in [1.165, 1.54) is 77.0 Å². The van der Waals surface area contributed by atoms with Gasteiger partial charge in [-0.2, -0.15) is 0 Å². The molecule has 12 unspecified atom stereocenters. The molecule has 0 amide bonds. The summed E-state index contributed by atoms with van der Waals surface area (Å²) in [6.45, 7) is 29.2. The number of hydrogen-bond acceptors (Lipinski definition) is 8. The Bertz CT molecular complexity index is 2890. The molecule has 0 N–H and O–H groups in total. The molecule has 8 aromatic rings. The van der Waals surface area contributed by atoms with E-state index in [2.05, 4.69) is 326 Å². The van der Waals surface area contributed by atoms with Crippen molar-refractivity contribution in [3.8, 4) is 0 Å². The van der Waals surface area contributed by atoms with Crippen LogP contribution in [0, 0.1) is 91.5 Å². The maximum Gasteiger partial charge on any atom is 2.00 e. The van der Waals surface area contributed by atoms with E-state index >= 15 is 0 Å². The largest absolute Gasteiger partial charge is 2.00 e. The fourth-order valence-electron chi connectivity index (χ4n) is 16.6. The molecule has 103 heavy (non-hydrogen) atoms. The third kappa shape index (κ3) is 29.4. The van der Waals surface area contributed by atoms with Gasteiger partial charge in [-0.1, -0.05) is 351 Å². The van der Waals surface area contributed by atoms with E-state index in [-0.39, 0.29) is 52.1 Å². The van der Waals surface area contributed by atoms with Gasteiger partial charge in [0.2, 0.25) is 0 Å². The Morgan fingerprint density at radius 3 is 0.456 bits per heavy atom. The zero-order valence-corrected chi connectivity index (χ0v) is 69.6. The molecular formula is C88H116Cl2O8P4Pd. The molecule has 4 aliphatic carbocycles. The predicted molar refractivity (Wildman–Crippen MR) is 417 cm³/mol. The Balaban J connectivity index is 0.000000205. The van der Waals surface area contributed by atoms with E-state index in [1.54, 1.807) is 42.4 Å². The maximum atomic E-state index is 8.49. The van der Waals surface area contributed by atoms with Crippen molar-refractivity contribution >= 4 is 74.1 Å². The molecule has 0 heterocycles. The van der Waals surface area contributed by atoms with Gasteiger partial charge in [-0.25, -0.2) is 37.3 Å². The van der Waals surface area contributed by atoms with Crippen LogP contribution in [0.25, 0.3) is 0 Å². The maximum absolute atomic E-state index is 8.49. The van der Waals surface area contributed by atoms with E-state index < -0.39 is 20.5 Å². The second-order valence-electron chi connectivity index (χ2n) is 30.5. The molecule has 12 rings (SSSR count). The van der Waals surface area contributed by atoms with E-state index in [9.17, 15) is 0 Å². The minimum absolute atomic E-state index is 0. The van der Waals surface area contributed by atoms with Gasteiger partial charge in [-0.3, -0.25) is 0 Å². The minimum Gasteiger partial charge on any atom is -0.222 e. The van der Waals surface area contributed by atoms with Gasteiger partial charge in [-0.05, 0) is 219 Å². The number of rotatable bonds is 16. The topological polar surface area (TPSA) is 184 Å². The van der Waals surface area contributed by atoms with Crippen molar-refractivity contribution in [2.24, 2.45) is 71.0 Å². The molecule has 12 atom stereocenters. The van der Waals surface area contributed by atoms with Crippen LogP contribution >= 0.6 is 31.7 Å². The molecule has 15 heteroatoms. The van der Waals surface area contributed by atoms with Gasteiger partial charge in [0.25, 0.3) is 0 Å². The summed E-state index contributed by atoms with van der Waals surface area (Å²) in [6, 6.07) is 90.3. The summed E-state index contributed by atoms with van der Waals surface area (Å²) >= 11 is 0. The van der Waals surface area contributed by atoms with E-state index in [0.717, 1.165) is 93.7 Å². The molecule has 8 nitrogen and oxygen atoms in total. The average molecular weight is 1600 g/mol. The third-order valence-electron chi connectivity index (χ3n) is 21.6. The van der Waals surface area contributed by atoms with Crippen molar-refractivity contribution in [1.82, 2.24) is 0 Å². The summed E-state index contributed by atoms with van der Waals surface area (Å²) < 4.78 is 67.9. The summed E-state index contributed by atoms with van der Waals surface area (Å²) in [4.78, 5) is 0. The second kappa shape index (κ2) is 44.8. The average Bonchev–Trinajstić information content (AvgIpc) is 0.814. The van der Waals surface area contributed by atoms with Gasteiger partial charge in [-0.15, -0.1) is 20.5 Å². The zero-order chi connectivity index (χ0) is 73.9. The van der Waals surface area contributed by atoms with Crippen molar-refractivity contribution in [1.29, 1.82) is 0 Å². The normalized spacial score (nSPS) is 23.5. The molecule has 8 aromatic carbocycles. The van der Waals surface area contributed by atoms with Crippen LogP contribution in [-0.4, -0.2) is 22.6 Å². The van der Waals surface area contributed by atoms with Crippen molar-refractivity contribution in [3.05, 3.63) is 243 Å². The SMILES string of the molecule is CC1CCC(C(C)C)C(P(c2ccccc2)c2ccccc2)C1.CC1CCC(C(C)C)C(P(c2ccccc2)c2ccccc2)C1.CC1CCC(C(C)C)C(P(c2ccccc2)c2ccccc2)C1.CC1CCC(C(C)C)C(P(c2ccccc2)c2ccccc2)C1.[O-][Cl+3]([O-])([O-])[O-].[O-][Cl+3]([O-])([O-])[O-].[Pd+2].